The Morgan fingerprint density at radius 2 is 1.67 bits per heavy atom. The maximum absolute atomic E-state index is 13.3. The number of rotatable bonds is 2. The molecule has 0 heterocycles. The van der Waals surface area contributed by atoms with Crippen molar-refractivity contribution >= 4 is 40.5 Å². The zero-order chi connectivity index (χ0) is 13.3. The topological polar surface area (TPSA) is 35.2 Å². The second kappa shape index (κ2) is 5.22. The van der Waals surface area contributed by atoms with Crippen LogP contribution in [0.5, 0.6) is 11.5 Å². The van der Waals surface area contributed by atoms with Crippen LogP contribution in [0.25, 0.3) is 0 Å². The van der Waals surface area contributed by atoms with Gasteiger partial charge in [-0.15, -0.1) is 0 Å². The lowest BCUT2D eigenvalue weighted by Crippen LogP contribution is -1.94. The number of ether oxygens (including phenoxy) is 1. The van der Waals surface area contributed by atoms with E-state index in [1.807, 2.05) is 0 Å². The second-order valence-corrected chi connectivity index (χ2v) is 4.70. The zero-order valence-electron chi connectivity index (χ0n) is 8.88. The summed E-state index contributed by atoms with van der Waals surface area (Å²) >= 11 is 17.2. The van der Waals surface area contributed by atoms with E-state index in [1.165, 1.54) is 12.1 Å². The summed E-state index contributed by atoms with van der Waals surface area (Å²) in [4.78, 5) is 0. The van der Waals surface area contributed by atoms with Gasteiger partial charge in [-0.05, 0) is 18.2 Å². The smallest absolute Gasteiger partial charge is 0.153 e. The van der Waals surface area contributed by atoms with Gasteiger partial charge in [0.25, 0.3) is 0 Å². The van der Waals surface area contributed by atoms with Crippen molar-refractivity contribution in [3.63, 3.8) is 0 Å². The fourth-order valence-corrected chi connectivity index (χ4v) is 1.76. The van der Waals surface area contributed by atoms with E-state index in [2.05, 4.69) is 0 Å². The molecule has 0 aliphatic carbocycles. The van der Waals surface area contributed by atoms with Gasteiger partial charge in [-0.3, -0.25) is 0 Å². The quantitative estimate of drug-likeness (QED) is 0.778. The molecule has 0 spiro atoms. The maximum atomic E-state index is 13.3. The van der Waals surface area contributed by atoms with Crippen LogP contribution in [0.2, 0.25) is 15.1 Å². The summed E-state index contributed by atoms with van der Waals surface area (Å²) in [5.41, 5.74) is 5.90. The van der Waals surface area contributed by atoms with E-state index >= 15 is 0 Å². The Bertz CT molecular complexity index is 604. The number of hydrogen-bond donors (Lipinski definition) is 1. The van der Waals surface area contributed by atoms with Gasteiger partial charge in [-0.2, -0.15) is 0 Å². The number of anilines is 1. The number of nitrogen functional groups attached to an aromatic ring is 1. The van der Waals surface area contributed by atoms with E-state index in [-0.39, 0.29) is 16.5 Å². The zero-order valence-corrected chi connectivity index (χ0v) is 11.2. The average Bonchev–Trinajstić information content (AvgIpc) is 2.31. The Labute approximate surface area is 118 Å². The highest BCUT2D eigenvalue weighted by Gasteiger charge is 2.09. The molecule has 94 valence electrons. The van der Waals surface area contributed by atoms with Crippen LogP contribution in [0, 0.1) is 5.82 Å². The minimum Gasteiger partial charge on any atom is -0.455 e. The van der Waals surface area contributed by atoms with Gasteiger partial charge < -0.3 is 10.5 Å². The number of nitrogens with two attached hydrogens (primary N) is 1. The summed E-state index contributed by atoms with van der Waals surface area (Å²) in [6.07, 6.45) is 0. The van der Waals surface area contributed by atoms with Crippen molar-refractivity contribution in [2.24, 2.45) is 0 Å². The summed E-state index contributed by atoms with van der Waals surface area (Å²) in [5, 5.41) is 0.676. The lowest BCUT2D eigenvalue weighted by atomic mass is 10.3. The maximum Gasteiger partial charge on any atom is 0.153 e. The van der Waals surface area contributed by atoms with Crippen molar-refractivity contribution in [1.29, 1.82) is 0 Å². The van der Waals surface area contributed by atoms with Crippen LogP contribution < -0.4 is 10.5 Å². The van der Waals surface area contributed by atoms with Gasteiger partial charge in [-0.1, -0.05) is 34.8 Å². The van der Waals surface area contributed by atoms with Crippen LogP contribution >= 0.6 is 34.8 Å². The molecule has 0 saturated carbocycles. The van der Waals surface area contributed by atoms with E-state index in [0.717, 1.165) is 6.07 Å². The lowest BCUT2D eigenvalue weighted by Gasteiger charge is -2.10. The second-order valence-electron chi connectivity index (χ2n) is 3.48. The van der Waals surface area contributed by atoms with Crippen LogP contribution in [-0.2, 0) is 0 Å². The Kier molecular flexibility index (Phi) is 3.85. The predicted octanol–water partition coefficient (Wildman–Crippen LogP) is 5.16. The molecule has 0 aromatic heterocycles. The molecule has 2 rings (SSSR count). The summed E-state index contributed by atoms with van der Waals surface area (Å²) in [6.45, 7) is 0. The Morgan fingerprint density at radius 1 is 0.944 bits per heavy atom. The highest BCUT2D eigenvalue weighted by molar-refractivity contribution is 6.42. The molecule has 2 N–H and O–H groups in total. The Hall–Kier alpha value is -1.16. The van der Waals surface area contributed by atoms with Crippen molar-refractivity contribution in [1.82, 2.24) is 0 Å². The minimum atomic E-state index is -0.610. The highest BCUT2D eigenvalue weighted by atomic mass is 35.5. The standard InChI is InChI=1S/C12H7Cl3FNO/c13-7-2-1-6(3-8(7)14)18-12-5-10(16)9(15)4-11(12)17/h1-5H,17H2. The fourth-order valence-electron chi connectivity index (χ4n) is 1.30. The molecule has 0 unspecified atom stereocenters. The summed E-state index contributed by atoms with van der Waals surface area (Å²) in [6, 6.07) is 7.07. The third-order valence-corrected chi connectivity index (χ3v) is 3.20. The van der Waals surface area contributed by atoms with E-state index in [4.69, 9.17) is 45.3 Å². The van der Waals surface area contributed by atoms with Crippen LogP contribution in [0.15, 0.2) is 30.3 Å². The summed E-state index contributed by atoms with van der Waals surface area (Å²) < 4.78 is 18.7. The first-order valence-corrected chi connectivity index (χ1v) is 5.98. The Balaban J connectivity index is 2.34. The SMILES string of the molecule is Nc1cc(Cl)c(F)cc1Oc1ccc(Cl)c(Cl)c1. The molecule has 18 heavy (non-hydrogen) atoms. The van der Waals surface area contributed by atoms with Gasteiger partial charge >= 0.3 is 0 Å². The molecule has 6 heteroatoms. The largest absolute Gasteiger partial charge is 0.455 e. The molecule has 0 aliphatic heterocycles. The van der Waals surface area contributed by atoms with Gasteiger partial charge in [0.1, 0.15) is 11.6 Å². The van der Waals surface area contributed by atoms with Crippen molar-refractivity contribution in [3.05, 3.63) is 51.2 Å². The van der Waals surface area contributed by atoms with E-state index < -0.39 is 5.82 Å². The Morgan fingerprint density at radius 3 is 2.33 bits per heavy atom. The molecule has 0 radical (unpaired) electrons. The molecule has 0 saturated heterocycles. The van der Waals surface area contributed by atoms with Crippen molar-refractivity contribution in [3.8, 4) is 11.5 Å². The summed E-state index contributed by atoms with van der Waals surface area (Å²) in [5.74, 6) is -0.0472. The summed E-state index contributed by atoms with van der Waals surface area (Å²) in [7, 11) is 0. The van der Waals surface area contributed by atoms with Gasteiger partial charge in [0.15, 0.2) is 5.75 Å². The van der Waals surface area contributed by atoms with Crippen LogP contribution in [0.4, 0.5) is 10.1 Å². The first kappa shape index (κ1) is 13.3. The molecular weight excluding hydrogens is 299 g/mol. The molecule has 0 amide bonds. The van der Waals surface area contributed by atoms with Gasteiger partial charge in [0.2, 0.25) is 0 Å². The van der Waals surface area contributed by atoms with Gasteiger partial charge in [0, 0.05) is 12.1 Å². The third-order valence-electron chi connectivity index (χ3n) is 2.17. The molecule has 2 aromatic carbocycles. The van der Waals surface area contributed by atoms with Crippen molar-refractivity contribution in [2.75, 3.05) is 5.73 Å². The number of benzene rings is 2. The van der Waals surface area contributed by atoms with Crippen LogP contribution in [0.1, 0.15) is 0 Å². The minimum absolute atomic E-state index is 0.0611. The molecule has 0 bridgehead atoms. The molecule has 2 nitrogen and oxygen atoms in total. The molecule has 0 fully saturated rings. The molecule has 0 atom stereocenters. The van der Waals surface area contributed by atoms with Crippen molar-refractivity contribution in [2.45, 2.75) is 0 Å². The van der Waals surface area contributed by atoms with E-state index in [0.29, 0.717) is 15.8 Å². The molecule has 0 aliphatic rings. The van der Waals surface area contributed by atoms with Gasteiger partial charge in [0.05, 0.1) is 20.8 Å². The van der Waals surface area contributed by atoms with E-state index in [9.17, 15) is 4.39 Å². The normalized spacial score (nSPS) is 10.4. The third kappa shape index (κ3) is 2.80. The number of halogens is 4. The molecular formula is C12H7Cl3FNO. The number of hydrogen-bond acceptors (Lipinski definition) is 2. The predicted molar refractivity (Wildman–Crippen MR) is 72.4 cm³/mol. The van der Waals surface area contributed by atoms with Crippen LogP contribution in [-0.4, -0.2) is 0 Å². The van der Waals surface area contributed by atoms with E-state index in [1.54, 1.807) is 12.1 Å². The lowest BCUT2D eigenvalue weighted by molar-refractivity contribution is 0.479. The highest BCUT2D eigenvalue weighted by Crippen LogP contribution is 2.34. The first-order valence-electron chi connectivity index (χ1n) is 4.85. The first-order chi connectivity index (χ1) is 8.47. The average molecular weight is 307 g/mol. The van der Waals surface area contributed by atoms with Gasteiger partial charge in [-0.25, -0.2) is 4.39 Å². The molecule has 2 aromatic rings. The fraction of sp³-hybridized carbons (Fsp3) is 0. The monoisotopic (exact) mass is 305 g/mol. The van der Waals surface area contributed by atoms with Crippen LogP contribution in [0.3, 0.4) is 0 Å². The van der Waals surface area contributed by atoms with Crippen molar-refractivity contribution < 1.29 is 9.13 Å².